The minimum absolute atomic E-state index is 0.897. The van der Waals surface area contributed by atoms with Crippen LogP contribution in [0.2, 0.25) is 0 Å². The topological polar surface area (TPSA) is 29.0 Å². The Morgan fingerprint density at radius 1 is 0.636 bits per heavy atom. The van der Waals surface area contributed by atoms with Gasteiger partial charge in [-0.1, -0.05) is 66.4 Å². The summed E-state index contributed by atoms with van der Waals surface area (Å²) in [6, 6.07) is 33.8. The minimum atomic E-state index is 0.897. The Morgan fingerprint density at radius 3 is 1.88 bits per heavy atom. The van der Waals surface area contributed by atoms with Gasteiger partial charge in [0.2, 0.25) is 0 Å². The molecule has 0 spiro atoms. The predicted octanol–water partition coefficient (Wildman–Crippen LogP) is 8.04. The van der Waals surface area contributed by atoms with E-state index in [-0.39, 0.29) is 0 Å². The summed E-state index contributed by atoms with van der Waals surface area (Å²) in [6.45, 7) is 2.01. The molecule has 1 aliphatic heterocycles. The average Bonchev–Trinajstić information content (AvgIpc) is 2.86. The van der Waals surface area contributed by atoms with Gasteiger partial charge in [-0.05, 0) is 67.1 Å². The molecule has 0 amide bonds. The molecule has 6 rings (SSSR count). The molecule has 2 heterocycles. The van der Waals surface area contributed by atoms with Gasteiger partial charge in [-0.2, -0.15) is 0 Å². The second-order valence-corrected chi connectivity index (χ2v) is 9.06. The first-order valence-corrected chi connectivity index (χ1v) is 11.8. The van der Waals surface area contributed by atoms with Crippen molar-refractivity contribution in [3.8, 4) is 0 Å². The summed E-state index contributed by atoms with van der Waals surface area (Å²) in [6.07, 6.45) is 4.15. The van der Waals surface area contributed by atoms with Crippen LogP contribution >= 0.6 is 11.8 Å². The van der Waals surface area contributed by atoms with Crippen LogP contribution < -0.4 is 4.90 Å². The predicted molar refractivity (Wildman–Crippen MR) is 138 cm³/mol. The molecule has 0 saturated carbocycles. The minimum Gasteiger partial charge on any atom is -0.308 e. The maximum absolute atomic E-state index is 4.77. The Labute approximate surface area is 197 Å². The van der Waals surface area contributed by atoms with E-state index in [0.717, 1.165) is 33.7 Å². The fourth-order valence-electron chi connectivity index (χ4n) is 4.15. The van der Waals surface area contributed by atoms with Crippen molar-refractivity contribution in [3.05, 3.63) is 114 Å². The average molecular weight is 444 g/mol. The molecule has 0 unspecified atom stereocenters. The van der Waals surface area contributed by atoms with Gasteiger partial charge < -0.3 is 4.90 Å². The number of hydrogen-bond acceptors (Lipinski definition) is 4. The second kappa shape index (κ2) is 8.23. The normalized spacial score (nSPS) is 12.7. The lowest BCUT2D eigenvalue weighted by Gasteiger charge is -2.32. The zero-order valence-corrected chi connectivity index (χ0v) is 19.0. The Hall–Kier alpha value is -3.89. The van der Waals surface area contributed by atoms with Gasteiger partial charge in [0.1, 0.15) is 0 Å². The number of fused-ring (bicyclic) bond motifs is 3. The zero-order valence-electron chi connectivity index (χ0n) is 18.1. The molecule has 0 atom stereocenters. The molecule has 3 nitrogen and oxygen atoms in total. The Balaban J connectivity index is 1.33. The molecule has 0 N–H and O–H groups in total. The fraction of sp³-hybridized carbons (Fsp3) is 0.0345. The highest BCUT2D eigenvalue weighted by molar-refractivity contribution is 7.99. The molecule has 4 aromatic carbocycles. The highest BCUT2D eigenvalue weighted by Crippen LogP contribution is 2.50. The molecule has 1 aliphatic rings. The van der Waals surface area contributed by atoms with Gasteiger partial charge in [0.05, 0.1) is 33.8 Å². The molecule has 5 aromatic rings. The molecule has 33 heavy (non-hydrogen) atoms. The summed E-state index contributed by atoms with van der Waals surface area (Å²) >= 11 is 1.83. The summed E-state index contributed by atoms with van der Waals surface area (Å²) in [5.41, 5.74) is 8.37. The van der Waals surface area contributed by atoms with E-state index < -0.39 is 0 Å². The first-order chi connectivity index (χ1) is 16.3. The van der Waals surface area contributed by atoms with Crippen LogP contribution in [-0.2, 0) is 0 Å². The van der Waals surface area contributed by atoms with E-state index in [1.807, 2.05) is 49.0 Å². The number of para-hydroxylation sites is 4. The summed E-state index contributed by atoms with van der Waals surface area (Å²) in [5.74, 6) is 0. The van der Waals surface area contributed by atoms with Crippen molar-refractivity contribution >= 4 is 52.0 Å². The second-order valence-electron chi connectivity index (χ2n) is 7.98. The summed E-state index contributed by atoms with van der Waals surface area (Å²) in [5, 5.41) is 0. The van der Waals surface area contributed by atoms with E-state index >= 15 is 0 Å². The number of benzene rings is 4. The lowest BCUT2D eigenvalue weighted by molar-refractivity contribution is 1.16. The summed E-state index contributed by atoms with van der Waals surface area (Å²) in [4.78, 5) is 14.3. The van der Waals surface area contributed by atoms with Crippen LogP contribution in [0.25, 0.3) is 23.2 Å². The molecule has 1 aromatic heterocycles. The van der Waals surface area contributed by atoms with E-state index in [4.69, 9.17) is 4.98 Å². The SMILES string of the molecule is Cc1nc2ccccc2nc1/C=C/c1ccc(N2c3ccccc3Sc3ccccc32)cc1. The first kappa shape index (κ1) is 19.8. The highest BCUT2D eigenvalue weighted by atomic mass is 32.2. The van der Waals surface area contributed by atoms with Gasteiger partial charge in [-0.25, -0.2) is 9.97 Å². The van der Waals surface area contributed by atoms with Crippen LogP contribution in [0.4, 0.5) is 17.1 Å². The monoisotopic (exact) mass is 443 g/mol. The third-order valence-electron chi connectivity index (χ3n) is 5.80. The van der Waals surface area contributed by atoms with E-state index in [9.17, 15) is 0 Å². The number of aromatic nitrogens is 2. The van der Waals surface area contributed by atoms with Crippen LogP contribution in [0.3, 0.4) is 0 Å². The molecule has 0 aliphatic carbocycles. The van der Waals surface area contributed by atoms with Crippen molar-refractivity contribution in [2.75, 3.05) is 4.90 Å². The number of hydrogen-bond donors (Lipinski definition) is 0. The smallest absolute Gasteiger partial charge is 0.0894 e. The van der Waals surface area contributed by atoms with Crippen molar-refractivity contribution in [1.82, 2.24) is 9.97 Å². The van der Waals surface area contributed by atoms with E-state index in [1.54, 1.807) is 0 Å². The van der Waals surface area contributed by atoms with E-state index in [2.05, 4.69) is 88.8 Å². The van der Waals surface area contributed by atoms with Crippen LogP contribution in [0.15, 0.2) is 107 Å². The van der Waals surface area contributed by atoms with Crippen molar-refractivity contribution in [1.29, 1.82) is 0 Å². The molecule has 0 fully saturated rings. The number of aryl methyl sites for hydroxylation is 1. The van der Waals surface area contributed by atoms with Gasteiger partial charge >= 0.3 is 0 Å². The molecule has 158 valence electrons. The Kier molecular flexibility index (Phi) is 4.93. The first-order valence-electron chi connectivity index (χ1n) is 10.9. The summed E-state index contributed by atoms with van der Waals surface area (Å²) < 4.78 is 0. The van der Waals surface area contributed by atoms with Gasteiger partial charge in [-0.15, -0.1) is 0 Å². The van der Waals surface area contributed by atoms with Gasteiger partial charge in [0, 0.05) is 15.5 Å². The van der Waals surface area contributed by atoms with Crippen molar-refractivity contribution < 1.29 is 0 Å². The summed E-state index contributed by atoms with van der Waals surface area (Å²) in [7, 11) is 0. The quantitative estimate of drug-likeness (QED) is 0.277. The van der Waals surface area contributed by atoms with Gasteiger partial charge in [0.25, 0.3) is 0 Å². The van der Waals surface area contributed by atoms with Gasteiger partial charge in [0.15, 0.2) is 0 Å². The number of nitrogens with zero attached hydrogens (tertiary/aromatic N) is 3. The highest BCUT2D eigenvalue weighted by Gasteiger charge is 2.23. The number of rotatable bonds is 3. The largest absolute Gasteiger partial charge is 0.308 e. The van der Waals surface area contributed by atoms with Crippen molar-refractivity contribution in [2.45, 2.75) is 16.7 Å². The lowest BCUT2D eigenvalue weighted by Crippen LogP contribution is -2.14. The third kappa shape index (κ3) is 3.69. The molecule has 0 radical (unpaired) electrons. The van der Waals surface area contributed by atoms with Crippen LogP contribution in [-0.4, -0.2) is 9.97 Å². The van der Waals surface area contributed by atoms with E-state index in [1.165, 1.54) is 21.2 Å². The van der Waals surface area contributed by atoms with E-state index in [0.29, 0.717) is 0 Å². The molecular weight excluding hydrogens is 422 g/mol. The lowest BCUT2D eigenvalue weighted by atomic mass is 10.1. The van der Waals surface area contributed by atoms with Crippen molar-refractivity contribution in [2.24, 2.45) is 0 Å². The Morgan fingerprint density at radius 2 is 1.21 bits per heavy atom. The molecule has 0 bridgehead atoms. The third-order valence-corrected chi connectivity index (χ3v) is 6.93. The maximum Gasteiger partial charge on any atom is 0.0894 e. The standard InChI is InChI=1S/C29H21N3S/c1-20-23(31-25-9-3-2-8-24(25)30-20)19-16-21-14-17-22(18-15-21)32-26-10-4-6-12-28(26)33-29-13-7-5-11-27(29)32/h2-19H,1H3/b19-16+. The molecular formula is C29H21N3S. The molecule has 0 saturated heterocycles. The zero-order chi connectivity index (χ0) is 22.2. The maximum atomic E-state index is 4.77. The molecule has 4 heteroatoms. The van der Waals surface area contributed by atoms with Crippen molar-refractivity contribution in [3.63, 3.8) is 0 Å². The van der Waals surface area contributed by atoms with Crippen LogP contribution in [0.1, 0.15) is 17.0 Å². The fourth-order valence-corrected chi connectivity index (χ4v) is 5.21. The number of anilines is 3. The van der Waals surface area contributed by atoms with Crippen LogP contribution in [0.5, 0.6) is 0 Å². The van der Waals surface area contributed by atoms with Gasteiger partial charge in [-0.3, -0.25) is 0 Å². The Bertz CT molecular complexity index is 1460. The van der Waals surface area contributed by atoms with Crippen LogP contribution in [0, 0.1) is 6.92 Å².